The lowest BCUT2D eigenvalue weighted by molar-refractivity contribution is -0.814. The lowest BCUT2D eigenvalue weighted by atomic mass is 10.5. The Morgan fingerprint density at radius 1 is 1.67 bits per heavy atom. The predicted octanol–water partition coefficient (Wildman–Crippen LogP) is -1.94. The fourth-order valence-corrected chi connectivity index (χ4v) is 0.606. The second kappa shape index (κ2) is 3.86. The van der Waals surface area contributed by atoms with Gasteiger partial charge in [0, 0.05) is 0 Å². The molecule has 0 fully saturated rings. The molecule has 66 valence electrons. The van der Waals surface area contributed by atoms with Gasteiger partial charge in [-0.25, -0.2) is 0 Å². The van der Waals surface area contributed by atoms with Crippen molar-refractivity contribution in [3.63, 3.8) is 0 Å². The summed E-state index contributed by atoms with van der Waals surface area (Å²) in [6.07, 6.45) is 0. The van der Waals surface area contributed by atoms with Gasteiger partial charge in [-0.2, -0.15) is 0 Å². The van der Waals surface area contributed by atoms with E-state index in [1.165, 1.54) is 16.5 Å². The summed E-state index contributed by atoms with van der Waals surface area (Å²) >= 11 is 0. The van der Waals surface area contributed by atoms with E-state index in [1.807, 2.05) is 0 Å². The van der Waals surface area contributed by atoms with Crippen LogP contribution >= 0.6 is 0 Å². The van der Waals surface area contributed by atoms with Crippen LogP contribution in [-0.2, 0) is 23.3 Å². The van der Waals surface area contributed by atoms with Gasteiger partial charge in [-0.3, -0.25) is 4.79 Å². The number of ketones is 1. The van der Waals surface area contributed by atoms with Crippen molar-refractivity contribution in [1.29, 1.82) is 0 Å². The van der Waals surface area contributed by atoms with Gasteiger partial charge in [0.1, 0.15) is 18.9 Å². The highest BCUT2D eigenvalue weighted by Gasteiger charge is 2.06. The van der Waals surface area contributed by atoms with Crippen LogP contribution in [0.25, 0.3) is 0 Å². The Hall–Kier alpha value is -1.37. The first-order valence-electron chi connectivity index (χ1n) is 3.40. The highest BCUT2D eigenvalue weighted by atomic mass is 16.5. The summed E-state index contributed by atoms with van der Waals surface area (Å²) in [4.78, 5) is 13.3. The molecule has 12 heavy (non-hydrogen) atoms. The molecule has 0 aliphatic carbocycles. The van der Waals surface area contributed by atoms with Crippen LogP contribution in [-0.4, -0.2) is 32.8 Å². The van der Waals surface area contributed by atoms with E-state index in [4.69, 9.17) is 4.74 Å². The number of hydrogen-bond donors (Lipinski definition) is 0. The van der Waals surface area contributed by atoms with Crippen molar-refractivity contribution < 1.29 is 14.3 Å². The smallest absolute Gasteiger partial charge is 0.231 e. The summed E-state index contributed by atoms with van der Waals surface area (Å²) in [5.41, 5.74) is 0. The number of carbonyl (C=O) groups excluding carboxylic acids is 1. The van der Waals surface area contributed by atoms with Crippen molar-refractivity contribution in [3.05, 3.63) is 0 Å². The van der Waals surface area contributed by atoms with Gasteiger partial charge in [-0.1, -0.05) is 4.80 Å². The van der Waals surface area contributed by atoms with Gasteiger partial charge >= 0.3 is 0 Å². The topological polar surface area (TPSA) is 73.8 Å². The van der Waals surface area contributed by atoms with Gasteiger partial charge < -0.3 is 4.74 Å². The molecule has 0 N–H and O–H groups in total. The number of aromatic nitrogens is 5. The summed E-state index contributed by atoms with van der Waals surface area (Å²) in [6.45, 7) is 1.72. The number of rotatable bonds is 4. The molecule has 0 saturated heterocycles. The van der Waals surface area contributed by atoms with Crippen molar-refractivity contribution in [2.45, 2.75) is 13.7 Å². The average Bonchev–Trinajstić information content (AvgIpc) is 2.36. The van der Waals surface area contributed by atoms with Crippen LogP contribution in [0.15, 0.2) is 0 Å². The molecule has 1 rings (SSSR count). The number of carbonyl (C=O) groups is 1. The molecular formula is C5H10N5O2+. The highest BCUT2D eigenvalue weighted by Crippen LogP contribution is 1.78. The molecule has 7 nitrogen and oxygen atoms in total. The summed E-state index contributed by atoms with van der Waals surface area (Å²) < 4.78 is 4.97. The minimum Gasteiger partial charge on any atom is -0.347 e. The van der Waals surface area contributed by atoms with Gasteiger partial charge in [-0.15, -0.1) is 0 Å². The molecule has 0 bridgehead atoms. The number of Topliss-reactive ketones (excluding diaryl/α,β-unsaturated/α-hetero) is 1. The minimum absolute atomic E-state index is 0.0225. The molecule has 0 unspecified atom stereocenters. The molecule has 1 heterocycles. The molecule has 0 aliphatic rings. The van der Waals surface area contributed by atoms with Crippen molar-refractivity contribution in [2.75, 3.05) is 6.61 Å². The van der Waals surface area contributed by atoms with Crippen LogP contribution in [0.2, 0.25) is 0 Å². The zero-order valence-electron chi connectivity index (χ0n) is 6.97. The number of nitrogens with zero attached hydrogens (tertiary/aromatic N) is 5. The van der Waals surface area contributed by atoms with Gasteiger partial charge in [-0.05, 0) is 11.7 Å². The van der Waals surface area contributed by atoms with Crippen LogP contribution in [0.4, 0.5) is 0 Å². The molecule has 7 heteroatoms. The molecule has 1 aromatic rings. The van der Waals surface area contributed by atoms with Crippen molar-refractivity contribution in [1.82, 2.24) is 20.4 Å². The van der Waals surface area contributed by atoms with E-state index in [0.717, 1.165) is 0 Å². The quantitative estimate of drug-likeness (QED) is 0.494. The Bertz CT molecular complexity index is 271. The third-order valence-corrected chi connectivity index (χ3v) is 1.16. The summed E-state index contributed by atoms with van der Waals surface area (Å²) in [6, 6.07) is 0. The van der Waals surface area contributed by atoms with E-state index in [9.17, 15) is 4.79 Å². The number of ether oxygens (including phenoxy) is 1. The number of aryl methyl sites for hydroxylation is 1. The van der Waals surface area contributed by atoms with E-state index < -0.39 is 0 Å². The number of hydrogen-bond acceptors (Lipinski definition) is 5. The fraction of sp³-hybridized carbons (Fsp3) is 0.800. The van der Waals surface area contributed by atoms with E-state index >= 15 is 0 Å². The molecule has 0 aliphatic heterocycles. The lowest BCUT2D eigenvalue weighted by Crippen LogP contribution is -2.42. The lowest BCUT2D eigenvalue weighted by Gasteiger charge is -1.96. The molecular weight excluding hydrogens is 162 g/mol. The maximum atomic E-state index is 10.5. The maximum Gasteiger partial charge on any atom is 0.231 e. The Morgan fingerprint density at radius 2 is 2.42 bits per heavy atom. The summed E-state index contributed by atoms with van der Waals surface area (Å²) in [7, 11) is 1.68. The van der Waals surface area contributed by atoms with Gasteiger partial charge in [0.15, 0.2) is 12.5 Å². The molecule has 0 saturated carbocycles. The first-order valence-corrected chi connectivity index (χ1v) is 3.40. The van der Waals surface area contributed by atoms with Crippen molar-refractivity contribution >= 4 is 5.78 Å². The van der Waals surface area contributed by atoms with Crippen LogP contribution in [0.1, 0.15) is 6.92 Å². The van der Waals surface area contributed by atoms with Crippen LogP contribution < -0.4 is 4.80 Å². The predicted molar refractivity (Wildman–Crippen MR) is 35.6 cm³/mol. The van der Waals surface area contributed by atoms with E-state index in [-0.39, 0.29) is 19.1 Å². The first kappa shape index (κ1) is 8.72. The van der Waals surface area contributed by atoms with E-state index in [1.54, 1.807) is 7.05 Å². The third kappa shape index (κ3) is 2.35. The Labute approximate surface area is 68.9 Å². The molecule has 0 atom stereocenters. The Kier molecular flexibility index (Phi) is 2.81. The molecule has 0 spiro atoms. The summed E-state index contributed by atoms with van der Waals surface area (Å²) in [5, 5.41) is 10.5. The molecule has 0 amide bonds. The van der Waals surface area contributed by atoms with E-state index in [0.29, 0.717) is 0 Å². The largest absolute Gasteiger partial charge is 0.347 e. The SMILES string of the molecule is CC(=O)COCn1nnn[n+]1C. The fourth-order valence-electron chi connectivity index (χ4n) is 0.606. The summed E-state index contributed by atoms with van der Waals surface area (Å²) in [5.74, 6) is -0.0225. The average molecular weight is 172 g/mol. The maximum absolute atomic E-state index is 10.5. The van der Waals surface area contributed by atoms with Gasteiger partial charge in [0.2, 0.25) is 10.4 Å². The zero-order valence-corrected chi connectivity index (χ0v) is 6.97. The first-order chi connectivity index (χ1) is 5.70. The second-order valence-electron chi connectivity index (χ2n) is 2.31. The van der Waals surface area contributed by atoms with Gasteiger partial charge in [0.05, 0.1) is 0 Å². The normalized spacial score (nSPS) is 10.2. The monoisotopic (exact) mass is 172 g/mol. The van der Waals surface area contributed by atoms with Gasteiger partial charge in [0.25, 0.3) is 0 Å². The Balaban J connectivity index is 2.33. The molecule has 0 radical (unpaired) electrons. The van der Waals surface area contributed by atoms with Crippen LogP contribution in [0.3, 0.4) is 0 Å². The highest BCUT2D eigenvalue weighted by molar-refractivity contribution is 5.76. The molecule has 1 aromatic heterocycles. The second-order valence-corrected chi connectivity index (χ2v) is 2.31. The van der Waals surface area contributed by atoms with Crippen LogP contribution in [0.5, 0.6) is 0 Å². The third-order valence-electron chi connectivity index (χ3n) is 1.16. The van der Waals surface area contributed by atoms with Crippen molar-refractivity contribution in [2.24, 2.45) is 7.05 Å². The van der Waals surface area contributed by atoms with E-state index in [2.05, 4.69) is 15.6 Å². The standard InChI is InChI=1S/C5H10N5O2/c1-5(11)3-12-4-10-8-6-7-9(10)2/h3-4H2,1-2H3/q+1. The van der Waals surface area contributed by atoms with Crippen molar-refractivity contribution in [3.8, 4) is 0 Å². The minimum atomic E-state index is -0.0225. The van der Waals surface area contributed by atoms with Crippen LogP contribution in [0, 0.1) is 0 Å². The Morgan fingerprint density at radius 3 is 2.92 bits per heavy atom. The molecule has 0 aromatic carbocycles. The zero-order chi connectivity index (χ0) is 8.97.